The van der Waals surface area contributed by atoms with Crippen molar-refractivity contribution in [3.05, 3.63) is 45.5 Å². The number of benzene rings is 1. The molecule has 0 saturated heterocycles. The second-order valence-electron chi connectivity index (χ2n) is 3.67. The fourth-order valence-corrected chi connectivity index (χ4v) is 2.40. The summed E-state index contributed by atoms with van der Waals surface area (Å²) >= 11 is 13.3. The van der Waals surface area contributed by atoms with Crippen molar-refractivity contribution in [3.8, 4) is 6.07 Å². The van der Waals surface area contributed by atoms with Crippen molar-refractivity contribution in [1.29, 1.82) is 5.26 Å². The molecule has 0 fully saturated rings. The largest absolute Gasteiger partial charge is 0.338 e. The standard InChI is InChI=1S/C12H9Cl2N3OS/c13-9-2-1-8(10(14)6-9)5-11-16-12(18-17-11)7-19-4-3-15/h1-2,6H,4-5,7H2. The van der Waals surface area contributed by atoms with E-state index in [9.17, 15) is 0 Å². The van der Waals surface area contributed by atoms with Gasteiger partial charge >= 0.3 is 0 Å². The Balaban J connectivity index is 2.01. The molecule has 0 unspecified atom stereocenters. The second kappa shape index (κ2) is 6.80. The van der Waals surface area contributed by atoms with Crippen LogP contribution in [0, 0.1) is 11.3 Å². The molecular weight excluding hydrogens is 305 g/mol. The lowest BCUT2D eigenvalue weighted by atomic mass is 10.1. The van der Waals surface area contributed by atoms with Gasteiger partial charge < -0.3 is 4.52 Å². The van der Waals surface area contributed by atoms with Gasteiger partial charge in [-0.15, -0.1) is 11.8 Å². The predicted molar refractivity (Wildman–Crippen MR) is 75.3 cm³/mol. The number of nitriles is 1. The third-order valence-electron chi connectivity index (χ3n) is 2.27. The summed E-state index contributed by atoms with van der Waals surface area (Å²) in [6, 6.07) is 7.33. The lowest BCUT2D eigenvalue weighted by Crippen LogP contribution is -1.92. The second-order valence-corrected chi connectivity index (χ2v) is 5.50. The lowest BCUT2D eigenvalue weighted by molar-refractivity contribution is 0.386. The lowest BCUT2D eigenvalue weighted by Gasteiger charge is -2.00. The molecule has 0 radical (unpaired) electrons. The summed E-state index contributed by atoms with van der Waals surface area (Å²) in [5, 5.41) is 13.5. The van der Waals surface area contributed by atoms with Crippen LogP contribution in [0.25, 0.3) is 0 Å². The average molecular weight is 314 g/mol. The molecule has 1 aromatic carbocycles. The summed E-state index contributed by atoms with van der Waals surface area (Å²) in [4.78, 5) is 4.24. The summed E-state index contributed by atoms with van der Waals surface area (Å²) in [6.07, 6.45) is 0.489. The van der Waals surface area contributed by atoms with Crippen molar-refractivity contribution in [3.63, 3.8) is 0 Å². The van der Waals surface area contributed by atoms with Crippen molar-refractivity contribution < 1.29 is 4.52 Å². The first-order valence-electron chi connectivity index (χ1n) is 5.39. The third kappa shape index (κ3) is 4.13. The average Bonchev–Trinajstić information content (AvgIpc) is 2.81. The smallest absolute Gasteiger partial charge is 0.236 e. The van der Waals surface area contributed by atoms with Crippen LogP contribution in [0.1, 0.15) is 17.3 Å². The molecule has 1 aromatic heterocycles. The topological polar surface area (TPSA) is 62.7 Å². The zero-order valence-corrected chi connectivity index (χ0v) is 12.1. The van der Waals surface area contributed by atoms with Gasteiger partial charge in [0.2, 0.25) is 5.89 Å². The Morgan fingerprint density at radius 2 is 2.21 bits per heavy atom. The summed E-state index contributed by atoms with van der Waals surface area (Å²) in [5.41, 5.74) is 0.892. The van der Waals surface area contributed by atoms with Gasteiger partial charge in [-0.25, -0.2) is 0 Å². The number of rotatable bonds is 5. The number of thioether (sulfide) groups is 1. The Bertz CT molecular complexity index is 609. The Kier molecular flexibility index (Phi) is 5.08. The predicted octanol–water partition coefficient (Wildman–Crippen LogP) is 3.72. The van der Waals surface area contributed by atoms with Gasteiger partial charge in [0, 0.05) is 16.5 Å². The quantitative estimate of drug-likeness (QED) is 0.787. The molecule has 0 N–H and O–H groups in total. The highest BCUT2D eigenvalue weighted by Gasteiger charge is 2.09. The first kappa shape index (κ1) is 14.2. The summed E-state index contributed by atoms with van der Waals surface area (Å²) in [5.74, 6) is 2.02. The van der Waals surface area contributed by atoms with Crippen molar-refractivity contribution >= 4 is 35.0 Å². The molecule has 0 saturated carbocycles. The highest BCUT2D eigenvalue weighted by atomic mass is 35.5. The van der Waals surface area contributed by atoms with Crippen LogP contribution in [0.4, 0.5) is 0 Å². The minimum atomic E-state index is 0.403. The monoisotopic (exact) mass is 313 g/mol. The normalized spacial score (nSPS) is 10.4. The molecule has 19 heavy (non-hydrogen) atoms. The maximum atomic E-state index is 8.43. The number of hydrogen-bond donors (Lipinski definition) is 0. The van der Waals surface area contributed by atoms with Crippen LogP contribution in [-0.2, 0) is 12.2 Å². The fraction of sp³-hybridized carbons (Fsp3) is 0.250. The van der Waals surface area contributed by atoms with Gasteiger partial charge in [-0.05, 0) is 17.7 Å². The van der Waals surface area contributed by atoms with Crippen LogP contribution in [-0.4, -0.2) is 15.9 Å². The number of aromatic nitrogens is 2. The highest BCUT2D eigenvalue weighted by molar-refractivity contribution is 7.98. The van der Waals surface area contributed by atoms with E-state index in [0.717, 1.165) is 5.56 Å². The molecular formula is C12H9Cl2N3OS. The van der Waals surface area contributed by atoms with Gasteiger partial charge in [0.25, 0.3) is 0 Å². The van der Waals surface area contributed by atoms with E-state index in [1.54, 1.807) is 12.1 Å². The Morgan fingerprint density at radius 3 is 2.95 bits per heavy atom. The fourth-order valence-electron chi connectivity index (χ4n) is 1.44. The van der Waals surface area contributed by atoms with E-state index in [4.69, 9.17) is 33.0 Å². The van der Waals surface area contributed by atoms with Gasteiger partial charge in [0.1, 0.15) is 0 Å². The van der Waals surface area contributed by atoms with Crippen LogP contribution in [0.2, 0.25) is 10.0 Å². The molecule has 0 amide bonds. The summed E-state index contributed by atoms with van der Waals surface area (Å²) in [6.45, 7) is 0. The van der Waals surface area contributed by atoms with Crippen LogP contribution in [0.15, 0.2) is 22.7 Å². The maximum Gasteiger partial charge on any atom is 0.236 e. The van der Waals surface area contributed by atoms with Gasteiger partial charge in [-0.3, -0.25) is 0 Å². The highest BCUT2D eigenvalue weighted by Crippen LogP contribution is 2.23. The molecule has 98 valence electrons. The van der Waals surface area contributed by atoms with Crippen LogP contribution >= 0.6 is 35.0 Å². The van der Waals surface area contributed by atoms with Crippen LogP contribution in [0.5, 0.6) is 0 Å². The Morgan fingerprint density at radius 1 is 1.37 bits per heavy atom. The Hall–Kier alpha value is -1.22. The van der Waals surface area contributed by atoms with E-state index in [0.29, 0.717) is 39.7 Å². The number of halogens is 2. The number of hydrogen-bond acceptors (Lipinski definition) is 5. The van der Waals surface area contributed by atoms with Gasteiger partial charge in [-0.1, -0.05) is 34.4 Å². The zero-order chi connectivity index (χ0) is 13.7. The molecule has 7 heteroatoms. The van der Waals surface area contributed by atoms with E-state index < -0.39 is 0 Å². The van der Waals surface area contributed by atoms with Crippen molar-refractivity contribution in [2.45, 2.75) is 12.2 Å². The SMILES string of the molecule is N#CCSCc1nc(Cc2ccc(Cl)cc2Cl)no1. The molecule has 4 nitrogen and oxygen atoms in total. The zero-order valence-electron chi connectivity index (χ0n) is 9.77. The van der Waals surface area contributed by atoms with E-state index in [1.165, 1.54) is 11.8 Å². The van der Waals surface area contributed by atoms with E-state index in [-0.39, 0.29) is 0 Å². The molecule has 0 spiro atoms. The molecule has 0 aliphatic carbocycles. The maximum absolute atomic E-state index is 8.43. The molecule has 1 heterocycles. The summed E-state index contributed by atoms with van der Waals surface area (Å²) in [7, 11) is 0. The van der Waals surface area contributed by atoms with Crippen molar-refractivity contribution in [2.24, 2.45) is 0 Å². The van der Waals surface area contributed by atoms with Crippen LogP contribution in [0.3, 0.4) is 0 Å². The molecule has 0 atom stereocenters. The molecule has 0 aliphatic heterocycles. The Labute approximate surface area is 124 Å². The molecule has 0 aliphatic rings. The minimum absolute atomic E-state index is 0.403. The van der Waals surface area contributed by atoms with Gasteiger partial charge in [0.15, 0.2) is 5.82 Å². The summed E-state index contributed by atoms with van der Waals surface area (Å²) < 4.78 is 5.09. The van der Waals surface area contributed by atoms with E-state index in [2.05, 4.69) is 10.1 Å². The number of nitrogens with zero attached hydrogens (tertiary/aromatic N) is 3. The minimum Gasteiger partial charge on any atom is -0.338 e. The molecule has 2 rings (SSSR count). The van der Waals surface area contributed by atoms with Crippen molar-refractivity contribution in [2.75, 3.05) is 5.75 Å². The first-order chi connectivity index (χ1) is 9.19. The van der Waals surface area contributed by atoms with Gasteiger partial charge in [0.05, 0.1) is 17.6 Å². The molecule has 2 aromatic rings. The first-order valence-corrected chi connectivity index (χ1v) is 7.30. The third-order valence-corrected chi connectivity index (χ3v) is 3.64. The van der Waals surface area contributed by atoms with E-state index in [1.807, 2.05) is 12.1 Å². The van der Waals surface area contributed by atoms with E-state index >= 15 is 0 Å². The van der Waals surface area contributed by atoms with Crippen LogP contribution < -0.4 is 0 Å². The molecule has 0 bridgehead atoms. The van der Waals surface area contributed by atoms with Gasteiger partial charge in [-0.2, -0.15) is 10.2 Å². The van der Waals surface area contributed by atoms with Crippen molar-refractivity contribution in [1.82, 2.24) is 10.1 Å².